The van der Waals surface area contributed by atoms with Gasteiger partial charge in [0.25, 0.3) is 0 Å². The molecule has 0 saturated heterocycles. The van der Waals surface area contributed by atoms with Crippen LogP contribution in [-0.2, 0) is 35.8 Å². The van der Waals surface area contributed by atoms with Gasteiger partial charge in [0, 0.05) is 13.1 Å². The second kappa shape index (κ2) is 15.0. The van der Waals surface area contributed by atoms with E-state index in [1.54, 1.807) is 72.8 Å². The van der Waals surface area contributed by atoms with Gasteiger partial charge >= 0.3 is 13.9 Å². The molecule has 1 aromatic heterocycles. The number of sulfonamides is 1. The van der Waals surface area contributed by atoms with Gasteiger partial charge in [0.15, 0.2) is 0 Å². The summed E-state index contributed by atoms with van der Waals surface area (Å²) in [5.74, 6) is 0.761. The zero-order chi connectivity index (χ0) is 35.2. The number of methoxy groups -OCH3 is 3. The molecule has 0 aliphatic carbocycles. The predicted octanol–water partition coefficient (Wildman–Crippen LogP) is 4.46. The van der Waals surface area contributed by atoms with Gasteiger partial charge in [-0.3, -0.25) is 0 Å². The minimum Gasteiger partial charge on any atom is -0.538 e. The number of alkyl halides is 3. The van der Waals surface area contributed by atoms with Crippen molar-refractivity contribution in [3.05, 3.63) is 107 Å². The highest BCUT2D eigenvalue weighted by molar-refractivity contribution is 7.89. The van der Waals surface area contributed by atoms with E-state index in [1.165, 1.54) is 21.3 Å². The number of benzene rings is 4. The molecule has 12 nitrogen and oxygen atoms in total. The lowest BCUT2D eigenvalue weighted by atomic mass is 10.1. The second-order valence-corrected chi connectivity index (χ2v) is 12.4. The van der Waals surface area contributed by atoms with Crippen LogP contribution < -0.4 is 18.9 Å². The Morgan fingerprint density at radius 3 is 1.71 bits per heavy atom. The van der Waals surface area contributed by atoms with Gasteiger partial charge in [0.05, 0.1) is 39.0 Å². The summed E-state index contributed by atoms with van der Waals surface area (Å²) in [5, 5.41) is 21.8. The van der Waals surface area contributed by atoms with Crippen LogP contribution in [0.2, 0.25) is 0 Å². The van der Waals surface area contributed by atoms with Crippen molar-refractivity contribution in [1.29, 1.82) is 0 Å². The summed E-state index contributed by atoms with van der Waals surface area (Å²) < 4.78 is 95.5. The number of hydrogen-bond donors (Lipinski definition) is 1. The molecule has 17 heteroatoms. The lowest BCUT2D eigenvalue weighted by Gasteiger charge is -2.26. The largest absolute Gasteiger partial charge is 0.538 e. The second-order valence-electron chi connectivity index (χ2n) is 10.5. The number of nitrogens with zero attached hydrogens (tertiary/aromatic N) is 5. The number of ether oxygens (including phenoxy) is 3. The first kappa shape index (κ1) is 35.2. The van der Waals surface area contributed by atoms with Gasteiger partial charge in [-0.1, -0.05) is 36.4 Å². The third-order valence-electron chi connectivity index (χ3n) is 7.44. The van der Waals surface area contributed by atoms with Crippen molar-refractivity contribution in [1.82, 2.24) is 24.5 Å². The first-order chi connectivity index (χ1) is 23.5. The highest BCUT2D eigenvalue weighted by atomic mass is 32.2. The Morgan fingerprint density at radius 1 is 0.776 bits per heavy atom. The molecule has 0 bridgehead atoms. The van der Waals surface area contributed by atoms with E-state index in [1.807, 2.05) is 0 Å². The molecule has 0 aliphatic heterocycles. The first-order valence-corrected chi connectivity index (χ1v) is 16.1. The van der Waals surface area contributed by atoms with Crippen LogP contribution in [0.15, 0.2) is 89.8 Å². The van der Waals surface area contributed by atoms with Crippen molar-refractivity contribution < 1.29 is 45.5 Å². The van der Waals surface area contributed by atoms with Crippen LogP contribution in [0, 0.1) is 0 Å². The Kier molecular flexibility index (Phi) is 10.7. The SMILES string of the molecule is COc1ccc(CN(Cc2ccc(OC)cc2)S(=O)(=O)c2c(C(F)(F)F)ccc(OBO)c2-c2nnn(Cc3ccc(OC)cc3)n2)cc1. The first-order valence-electron chi connectivity index (χ1n) is 14.6. The monoisotopic (exact) mass is 697 g/mol. The van der Waals surface area contributed by atoms with E-state index in [9.17, 15) is 26.6 Å². The van der Waals surface area contributed by atoms with Crippen molar-refractivity contribution in [2.75, 3.05) is 21.3 Å². The molecule has 0 spiro atoms. The molecule has 49 heavy (non-hydrogen) atoms. The Labute approximate surface area is 281 Å². The summed E-state index contributed by atoms with van der Waals surface area (Å²) in [6.45, 7) is -0.592. The molecule has 5 rings (SSSR count). The quantitative estimate of drug-likeness (QED) is 0.166. The van der Waals surface area contributed by atoms with Crippen LogP contribution in [0.1, 0.15) is 22.3 Å². The molecule has 0 aliphatic rings. The van der Waals surface area contributed by atoms with Crippen molar-refractivity contribution in [3.63, 3.8) is 0 Å². The third kappa shape index (κ3) is 8.13. The van der Waals surface area contributed by atoms with Crippen LogP contribution >= 0.6 is 0 Å². The molecule has 4 aromatic carbocycles. The number of rotatable bonds is 14. The number of aromatic nitrogens is 4. The highest BCUT2D eigenvalue weighted by Crippen LogP contribution is 2.44. The van der Waals surface area contributed by atoms with E-state index < -0.39 is 51.5 Å². The lowest BCUT2D eigenvalue weighted by Crippen LogP contribution is -2.32. The zero-order valence-corrected chi connectivity index (χ0v) is 27.4. The minimum atomic E-state index is -5.14. The Balaban J connectivity index is 1.67. The molecule has 0 saturated carbocycles. The van der Waals surface area contributed by atoms with E-state index in [2.05, 4.69) is 15.4 Å². The summed E-state index contributed by atoms with van der Waals surface area (Å²) in [6, 6.07) is 21.3. The van der Waals surface area contributed by atoms with Gasteiger partial charge in [-0.25, -0.2) is 8.42 Å². The average Bonchev–Trinajstić information content (AvgIpc) is 3.56. The smallest absolute Gasteiger partial charge is 0.504 e. The van der Waals surface area contributed by atoms with Crippen LogP contribution in [0.4, 0.5) is 13.2 Å². The van der Waals surface area contributed by atoms with E-state index in [-0.39, 0.29) is 19.6 Å². The zero-order valence-electron chi connectivity index (χ0n) is 26.6. The molecule has 1 heterocycles. The molecule has 0 radical (unpaired) electrons. The summed E-state index contributed by atoms with van der Waals surface area (Å²) >= 11 is 0. The Hall–Kier alpha value is -5.13. The highest BCUT2D eigenvalue weighted by Gasteiger charge is 2.43. The molecule has 0 unspecified atom stereocenters. The fourth-order valence-electron chi connectivity index (χ4n) is 4.99. The lowest BCUT2D eigenvalue weighted by molar-refractivity contribution is -0.139. The normalized spacial score (nSPS) is 11.8. The van der Waals surface area contributed by atoms with Crippen molar-refractivity contribution >= 4 is 17.7 Å². The van der Waals surface area contributed by atoms with Crippen LogP contribution in [0.5, 0.6) is 23.0 Å². The molecule has 256 valence electrons. The fourth-order valence-corrected chi connectivity index (χ4v) is 6.79. The van der Waals surface area contributed by atoms with Gasteiger partial charge in [-0.2, -0.15) is 22.3 Å². The van der Waals surface area contributed by atoms with E-state index in [4.69, 9.17) is 18.9 Å². The number of tetrazole rings is 1. The fraction of sp³-hybridized carbons (Fsp3) is 0.219. The summed E-state index contributed by atoms with van der Waals surface area (Å²) in [6.07, 6.45) is -5.14. The van der Waals surface area contributed by atoms with Crippen molar-refractivity contribution in [2.45, 2.75) is 30.7 Å². The molecule has 0 fully saturated rings. The molecular weight excluding hydrogens is 666 g/mol. The minimum absolute atomic E-state index is 0.0509. The van der Waals surface area contributed by atoms with E-state index in [0.29, 0.717) is 40.0 Å². The molecular formula is C32H31BF3N5O7S. The molecule has 0 atom stereocenters. The summed E-state index contributed by atoms with van der Waals surface area (Å²) in [5.41, 5.74) is -0.440. The van der Waals surface area contributed by atoms with Gasteiger partial charge in [0.1, 0.15) is 27.9 Å². The van der Waals surface area contributed by atoms with Crippen molar-refractivity contribution in [2.24, 2.45) is 0 Å². The molecule has 1 N–H and O–H groups in total. The maximum absolute atomic E-state index is 14.8. The Morgan fingerprint density at radius 2 is 1.27 bits per heavy atom. The van der Waals surface area contributed by atoms with Gasteiger partial charge in [-0.15, -0.1) is 10.2 Å². The topological polar surface area (TPSA) is 138 Å². The molecule has 0 amide bonds. The van der Waals surface area contributed by atoms with Crippen LogP contribution in [0.3, 0.4) is 0 Å². The van der Waals surface area contributed by atoms with Crippen LogP contribution in [0.25, 0.3) is 11.4 Å². The summed E-state index contributed by atoms with van der Waals surface area (Å²) in [7, 11) is -1.58. The number of hydrogen-bond acceptors (Lipinski definition) is 10. The maximum Gasteiger partial charge on any atom is 0.504 e. The van der Waals surface area contributed by atoms with Crippen LogP contribution in [-0.4, -0.2) is 67.0 Å². The average molecular weight is 698 g/mol. The summed E-state index contributed by atoms with van der Waals surface area (Å²) in [4.78, 5) is -0.0554. The third-order valence-corrected chi connectivity index (χ3v) is 9.32. The standard InChI is InChI=1S/C32H31BF3N5O7S/c1-45-24-10-4-21(5-11-24)18-40(19-22-6-12-25(46-2)13-7-22)49(43,44)30-27(32(34,35)36)16-17-28(48-33-42)29(30)31-37-39-41(38-31)20-23-8-14-26(47-3)15-9-23/h4-17,33,42H,18-20H2,1-3H3. The van der Waals surface area contributed by atoms with E-state index >= 15 is 0 Å². The molecule has 5 aromatic rings. The number of halogens is 3. The van der Waals surface area contributed by atoms with Crippen molar-refractivity contribution in [3.8, 4) is 34.4 Å². The Bertz CT molecular complexity index is 1930. The van der Waals surface area contributed by atoms with Gasteiger partial charge in [-0.05, 0) is 70.4 Å². The maximum atomic E-state index is 14.8. The van der Waals surface area contributed by atoms with E-state index in [0.717, 1.165) is 15.2 Å². The van der Waals surface area contributed by atoms with Gasteiger partial charge in [0.2, 0.25) is 15.8 Å². The predicted molar refractivity (Wildman–Crippen MR) is 173 cm³/mol. The van der Waals surface area contributed by atoms with Gasteiger partial charge < -0.3 is 23.9 Å².